The van der Waals surface area contributed by atoms with E-state index in [1.165, 1.54) is 0 Å². The minimum Gasteiger partial charge on any atom is -0.480 e. The number of piperidine rings is 1. The van der Waals surface area contributed by atoms with Gasteiger partial charge in [-0.3, -0.25) is 4.79 Å². The van der Waals surface area contributed by atoms with Crippen molar-refractivity contribution in [1.29, 1.82) is 0 Å². The number of halogens is 3. The molecule has 2 N–H and O–H groups in total. The van der Waals surface area contributed by atoms with E-state index >= 15 is 0 Å². The van der Waals surface area contributed by atoms with E-state index in [-0.39, 0.29) is 17.3 Å². The number of hydrogen-bond acceptors (Lipinski definition) is 4. The van der Waals surface area contributed by atoms with Crippen molar-refractivity contribution in [1.82, 2.24) is 8.61 Å². The molecule has 1 unspecified atom stereocenters. The first-order valence-corrected chi connectivity index (χ1v) is 7.66. The van der Waals surface area contributed by atoms with Crippen LogP contribution in [0, 0.1) is 0 Å². The molecule has 0 aromatic rings. The quantitative estimate of drug-likeness (QED) is 0.714. The second kappa shape index (κ2) is 6.90. The molecule has 0 aliphatic carbocycles. The maximum absolute atomic E-state index is 12.5. The Morgan fingerprint density at radius 3 is 2.43 bits per heavy atom. The summed E-state index contributed by atoms with van der Waals surface area (Å²) in [6, 6.07) is -1.38. The van der Waals surface area contributed by atoms with Crippen LogP contribution >= 0.6 is 0 Å². The van der Waals surface area contributed by atoms with Gasteiger partial charge >= 0.3 is 12.1 Å². The fraction of sp³-hybridized carbons (Fsp3) is 0.900. The van der Waals surface area contributed by atoms with E-state index in [2.05, 4.69) is 0 Å². The van der Waals surface area contributed by atoms with Crippen molar-refractivity contribution in [2.24, 2.45) is 0 Å². The molecule has 0 aromatic carbocycles. The molecule has 0 spiro atoms. The second-order valence-corrected chi connectivity index (χ2v) is 6.52. The maximum Gasteiger partial charge on any atom is 0.402 e. The Kier molecular flexibility index (Phi) is 5.96. The molecule has 1 aliphatic heterocycles. The van der Waals surface area contributed by atoms with Gasteiger partial charge < -0.3 is 10.2 Å². The number of alkyl halides is 3. The third-order valence-corrected chi connectivity index (χ3v) is 5.06. The van der Waals surface area contributed by atoms with Gasteiger partial charge in [-0.15, -0.1) is 0 Å². The summed E-state index contributed by atoms with van der Waals surface area (Å²) < 4.78 is 62.5. The van der Waals surface area contributed by atoms with E-state index in [9.17, 15) is 26.4 Å². The predicted molar refractivity (Wildman–Crippen MR) is 65.6 cm³/mol. The minimum absolute atomic E-state index is 0.0492. The van der Waals surface area contributed by atoms with Crippen LogP contribution < -0.4 is 0 Å². The molecule has 1 fully saturated rings. The summed E-state index contributed by atoms with van der Waals surface area (Å²) in [5.41, 5.74) is 0. The molecule has 0 radical (unpaired) electrons. The highest BCUT2D eigenvalue weighted by atomic mass is 32.2. The number of carboxylic acids is 1. The summed E-state index contributed by atoms with van der Waals surface area (Å²) in [5, 5.41) is 17.8. The van der Waals surface area contributed by atoms with Crippen LogP contribution in [0.4, 0.5) is 13.2 Å². The highest BCUT2D eigenvalue weighted by molar-refractivity contribution is 7.86. The maximum atomic E-state index is 12.5. The lowest BCUT2D eigenvalue weighted by Gasteiger charge is -2.35. The molecule has 0 bridgehead atoms. The first-order chi connectivity index (χ1) is 9.59. The van der Waals surface area contributed by atoms with Gasteiger partial charge in [0.25, 0.3) is 10.2 Å². The second-order valence-electron chi connectivity index (χ2n) is 4.64. The first-order valence-electron chi connectivity index (χ1n) is 6.27. The molecule has 124 valence electrons. The zero-order chi connectivity index (χ0) is 16.3. The van der Waals surface area contributed by atoms with Gasteiger partial charge in [0.15, 0.2) is 0 Å². The average Bonchev–Trinajstić information content (AvgIpc) is 2.36. The Morgan fingerprint density at radius 2 is 1.95 bits per heavy atom. The van der Waals surface area contributed by atoms with Gasteiger partial charge in [-0.25, -0.2) is 0 Å². The van der Waals surface area contributed by atoms with Crippen LogP contribution in [0.1, 0.15) is 19.3 Å². The van der Waals surface area contributed by atoms with Crippen molar-refractivity contribution >= 4 is 16.2 Å². The van der Waals surface area contributed by atoms with Gasteiger partial charge in [-0.2, -0.15) is 30.2 Å². The third-order valence-electron chi connectivity index (χ3n) is 3.07. The van der Waals surface area contributed by atoms with E-state index < -0.39 is 48.1 Å². The van der Waals surface area contributed by atoms with Crippen molar-refractivity contribution < 1.29 is 36.6 Å². The van der Waals surface area contributed by atoms with Gasteiger partial charge in [0.2, 0.25) is 0 Å². The zero-order valence-electron chi connectivity index (χ0n) is 11.1. The van der Waals surface area contributed by atoms with E-state index in [1.807, 2.05) is 0 Å². The van der Waals surface area contributed by atoms with Crippen LogP contribution in [0.3, 0.4) is 0 Å². The van der Waals surface area contributed by atoms with Crippen molar-refractivity contribution in [2.75, 3.05) is 26.2 Å². The molecule has 1 atom stereocenters. The van der Waals surface area contributed by atoms with Crippen LogP contribution in [0.15, 0.2) is 0 Å². The highest BCUT2D eigenvalue weighted by Gasteiger charge is 2.43. The standard InChI is InChI=1S/C10H17F3N2O5S/c11-10(12,13)7-14(5-6-16)21(19,20)15-4-2-1-3-8(15)9(17)18/h8,16H,1-7H2,(H,17,18). The Balaban J connectivity index is 3.05. The first kappa shape index (κ1) is 18.1. The van der Waals surface area contributed by atoms with Crippen LogP contribution in [0.25, 0.3) is 0 Å². The lowest BCUT2D eigenvalue weighted by molar-refractivity contribution is -0.142. The zero-order valence-corrected chi connectivity index (χ0v) is 11.9. The van der Waals surface area contributed by atoms with E-state index in [1.54, 1.807) is 0 Å². The Morgan fingerprint density at radius 1 is 1.33 bits per heavy atom. The third kappa shape index (κ3) is 4.80. The van der Waals surface area contributed by atoms with Crippen molar-refractivity contribution in [3.05, 3.63) is 0 Å². The lowest BCUT2D eigenvalue weighted by atomic mass is 10.1. The monoisotopic (exact) mass is 334 g/mol. The van der Waals surface area contributed by atoms with Crippen molar-refractivity contribution in [3.63, 3.8) is 0 Å². The number of aliphatic carboxylic acids is 1. The molecule has 7 nitrogen and oxygen atoms in total. The SMILES string of the molecule is O=C(O)C1CCCCN1S(=O)(=O)N(CCO)CC(F)(F)F. The Labute approximate surface area is 120 Å². The molecular formula is C10H17F3N2O5S. The molecule has 0 aromatic heterocycles. The number of carbonyl (C=O) groups is 1. The molecule has 21 heavy (non-hydrogen) atoms. The summed E-state index contributed by atoms with van der Waals surface area (Å²) in [4.78, 5) is 11.1. The molecule has 1 heterocycles. The Hall–Kier alpha value is -0.910. The normalized spacial score (nSPS) is 21.7. The van der Waals surface area contributed by atoms with Crippen LogP contribution in [-0.4, -0.2) is 71.7 Å². The number of nitrogens with zero attached hydrogens (tertiary/aromatic N) is 2. The topological polar surface area (TPSA) is 98.2 Å². The molecule has 0 amide bonds. The lowest BCUT2D eigenvalue weighted by Crippen LogP contribution is -2.55. The van der Waals surface area contributed by atoms with Gasteiger partial charge in [0.05, 0.1) is 6.61 Å². The summed E-state index contributed by atoms with van der Waals surface area (Å²) in [6.07, 6.45) is -3.87. The number of aliphatic hydroxyl groups is 1. The minimum atomic E-state index is -4.78. The number of rotatable bonds is 6. The summed E-state index contributed by atoms with van der Waals surface area (Å²) >= 11 is 0. The summed E-state index contributed by atoms with van der Waals surface area (Å²) in [7, 11) is -4.61. The largest absolute Gasteiger partial charge is 0.480 e. The molecule has 1 rings (SSSR count). The average molecular weight is 334 g/mol. The Bertz CT molecular complexity index is 468. The fourth-order valence-electron chi connectivity index (χ4n) is 2.16. The van der Waals surface area contributed by atoms with E-state index in [4.69, 9.17) is 10.2 Å². The molecule has 1 aliphatic rings. The van der Waals surface area contributed by atoms with E-state index in [0.717, 1.165) is 0 Å². The number of aliphatic hydroxyl groups excluding tert-OH is 1. The van der Waals surface area contributed by atoms with Gasteiger partial charge in [-0.05, 0) is 19.3 Å². The summed E-state index contributed by atoms with van der Waals surface area (Å²) in [5.74, 6) is -1.39. The number of carboxylic acid groups (broad SMARTS) is 1. The smallest absolute Gasteiger partial charge is 0.402 e. The van der Waals surface area contributed by atoms with Crippen molar-refractivity contribution in [2.45, 2.75) is 31.5 Å². The van der Waals surface area contributed by atoms with Crippen LogP contribution in [0.2, 0.25) is 0 Å². The fourth-order valence-corrected chi connectivity index (χ4v) is 3.96. The highest BCUT2D eigenvalue weighted by Crippen LogP contribution is 2.25. The summed E-state index contributed by atoms with van der Waals surface area (Å²) in [6.45, 7) is -3.45. The van der Waals surface area contributed by atoms with E-state index in [0.29, 0.717) is 17.1 Å². The van der Waals surface area contributed by atoms with Gasteiger partial charge in [0.1, 0.15) is 12.6 Å². The molecule has 0 saturated carbocycles. The van der Waals surface area contributed by atoms with Gasteiger partial charge in [-0.1, -0.05) is 0 Å². The molecular weight excluding hydrogens is 317 g/mol. The van der Waals surface area contributed by atoms with Crippen LogP contribution in [0.5, 0.6) is 0 Å². The predicted octanol–water partition coefficient (Wildman–Crippen LogP) is 0.0269. The molecule has 1 saturated heterocycles. The molecule has 11 heteroatoms. The number of hydrogen-bond donors (Lipinski definition) is 2. The van der Waals surface area contributed by atoms with Crippen LogP contribution in [-0.2, 0) is 15.0 Å². The van der Waals surface area contributed by atoms with Crippen molar-refractivity contribution in [3.8, 4) is 0 Å². The van der Waals surface area contributed by atoms with Gasteiger partial charge in [0, 0.05) is 13.1 Å².